The van der Waals surface area contributed by atoms with Crippen LogP contribution in [-0.2, 0) is 0 Å². The largest absolute Gasteiger partial charge is 0.309 e. The molecule has 0 fully saturated rings. The summed E-state index contributed by atoms with van der Waals surface area (Å²) in [5.74, 6) is 0. The summed E-state index contributed by atoms with van der Waals surface area (Å²) < 4.78 is 7.03. The molecule has 14 aromatic rings. The third kappa shape index (κ3) is 6.29. The van der Waals surface area contributed by atoms with Crippen LogP contribution in [0.1, 0.15) is 0 Å². The van der Waals surface area contributed by atoms with Crippen molar-refractivity contribution in [2.45, 2.75) is 0 Å². The lowest BCUT2D eigenvalue weighted by molar-refractivity contribution is 1.16. The first-order chi connectivity index (χ1) is 34.2. The van der Waals surface area contributed by atoms with Crippen molar-refractivity contribution < 1.29 is 0 Å². The monoisotopic (exact) mass is 881 g/mol. The van der Waals surface area contributed by atoms with E-state index in [-0.39, 0.29) is 0 Å². The Morgan fingerprint density at radius 2 is 0.739 bits per heavy atom. The highest BCUT2D eigenvalue weighted by Gasteiger charge is 2.20. The zero-order valence-corrected chi connectivity index (χ0v) is 37.1. The second kappa shape index (κ2) is 15.6. The minimum Gasteiger partial charge on any atom is -0.309 e. The number of fused-ring (bicyclic) bond motifs is 9. The molecule has 14 rings (SSSR count). The summed E-state index contributed by atoms with van der Waals surface area (Å²) in [6, 6.07) is 77.3. The van der Waals surface area contributed by atoms with Gasteiger partial charge in [-0.1, -0.05) is 127 Å². The Hall–Kier alpha value is -9.46. The lowest BCUT2D eigenvalue weighted by atomic mass is 10.1. The zero-order chi connectivity index (χ0) is 45.4. The SMILES string of the molecule is c1ccc(-c2cc(-n3c4ccccc4c4cc(-c5cncc(-c6ccc7c(c6)c6ccccc6n7-c6ccc7c(c6)c6ncccc6n7-c6ccccc6)n5)ccc43)cc(-c3ccccc3)n2)cc1. The maximum atomic E-state index is 5.30. The summed E-state index contributed by atoms with van der Waals surface area (Å²) in [6.07, 6.45) is 5.62. The summed E-state index contributed by atoms with van der Waals surface area (Å²) >= 11 is 0. The average molecular weight is 882 g/mol. The first kappa shape index (κ1) is 38.8. The number of hydrogen-bond donors (Lipinski definition) is 0. The normalized spacial score (nSPS) is 11.8. The minimum absolute atomic E-state index is 0.812. The second-order valence-corrected chi connectivity index (χ2v) is 17.5. The van der Waals surface area contributed by atoms with Gasteiger partial charge in [-0.05, 0) is 91.0 Å². The van der Waals surface area contributed by atoms with Crippen LogP contribution in [0.15, 0.2) is 237 Å². The summed E-state index contributed by atoms with van der Waals surface area (Å²) in [5, 5.41) is 5.73. The molecule has 0 unspecified atom stereocenters. The van der Waals surface area contributed by atoms with Gasteiger partial charge in [-0.25, -0.2) is 9.97 Å². The summed E-state index contributed by atoms with van der Waals surface area (Å²) in [6.45, 7) is 0. The molecule has 8 aromatic carbocycles. The smallest absolute Gasteiger partial charge is 0.0964 e. The Morgan fingerprint density at radius 3 is 1.35 bits per heavy atom. The maximum Gasteiger partial charge on any atom is 0.0964 e. The van der Waals surface area contributed by atoms with E-state index in [1.54, 1.807) is 0 Å². The van der Waals surface area contributed by atoms with Gasteiger partial charge in [0.05, 0.1) is 79.5 Å². The van der Waals surface area contributed by atoms with E-state index < -0.39 is 0 Å². The van der Waals surface area contributed by atoms with Crippen molar-refractivity contribution >= 4 is 65.5 Å². The fraction of sp³-hybridized carbons (Fsp3) is 0. The molecule has 0 aliphatic carbocycles. The lowest BCUT2D eigenvalue weighted by Gasteiger charge is -2.13. The third-order valence-corrected chi connectivity index (χ3v) is 13.6. The van der Waals surface area contributed by atoms with E-state index in [9.17, 15) is 0 Å². The molecular formula is C62H39N7. The molecule has 6 aromatic heterocycles. The Morgan fingerprint density at radius 1 is 0.275 bits per heavy atom. The Kier molecular flexibility index (Phi) is 8.75. The fourth-order valence-corrected chi connectivity index (χ4v) is 10.4. The van der Waals surface area contributed by atoms with Gasteiger partial charge in [0, 0.05) is 66.8 Å². The minimum atomic E-state index is 0.812. The van der Waals surface area contributed by atoms with E-state index in [1.807, 2.05) is 36.8 Å². The van der Waals surface area contributed by atoms with Gasteiger partial charge >= 0.3 is 0 Å². The number of hydrogen-bond acceptors (Lipinski definition) is 4. The predicted octanol–water partition coefficient (Wildman–Crippen LogP) is 15.2. The third-order valence-electron chi connectivity index (χ3n) is 13.6. The quantitative estimate of drug-likeness (QED) is 0.160. The van der Waals surface area contributed by atoms with Crippen molar-refractivity contribution in [3.8, 4) is 62.1 Å². The van der Waals surface area contributed by atoms with Crippen molar-refractivity contribution in [3.05, 3.63) is 237 Å². The maximum absolute atomic E-state index is 5.30. The van der Waals surface area contributed by atoms with Crippen LogP contribution in [0.3, 0.4) is 0 Å². The van der Waals surface area contributed by atoms with Crippen LogP contribution in [0.25, 0.3) is 128 Å². The lowest BCUT2D eigenvalue weighted by Crippen LogP contribution is -1.98. The molecular weight excluding hydrogens is 843 g/mol. The van der Waals surface area contributed by atoms with E-state index in [1.165, 1.54) is 5.39 Å². The highest BCUT2D eigenvalue weighted by atomic mass is 15.0. The molecule has 0 bridgehead atoms. The molecule has 6 heterocycles. The first-order valence-corrected chi connectivity index (χ1v) is 23.2. The van der Waals surface area contributed by atoms with Crippen LogP contribution in [0.5, 0.6) is 0 Å². The predicted molar refractivity (Wildman–Crippen MR) is 282 cm³/mol. The van der Waals surface area contributed by atoms with E-state index in [0.717, 1.165) is 122 Å². The van der Waals surface area contributed by atoms with Gasteiger partial charge in [-0.2, -0.15) is 0 Å². The Balaban J connectivity index is 0.871. The van der Waals surface area contributed by atoms with Crippen molar-refractivity contribution in [2.75, 3.05) is 0 Å². The van der Waals surface area contributed by atoms with Crippen molar-refractivity contribution in [1.29, 1.82) is 0 Å². The second-order valence-electron chi connectivity index (χ2n) is 17.5. The molecule has 0 aliphatic rings. The highest BCUT2D eigenvalue weighted by molar-refractivity contribution is 6.13. The standard InChI is InChI=1S/C62H39N7/c1-4-15-40(16-5-1)52-36-46(37-53(65-52)41-17-6-2-7-18-41)69-57-24-13-11-22-48(57)50-34-43(27-30-59(50)69)55-39-63-38-54(66-55)42-26-29-58-49(33-42)47-21-10-12-23-56(47)68(58)45-28-31-60-51(35-45)62-61(25-14-32-64-62)67(60)44-19-8-3-9-20-44/h1-39H. The molecule has 69 heavy (non-hydrogen) atoms. The molecule has 0 spiro atoms. The summed E-state index contributed by atoms with van der Waals surface area (Å²) in [5.41, 5.74) is 18.5. The average Bonchev–Trinajstić information content (AvgIpc) is 4.06. The fourth-order valence-electron chi connectivity index (χ4n) is 10.4. The number of benzene rings is 8. The van der Waals surface area contributed by atoms with E-state index >= 15 is 0 Å². The number of nitrogens with zero attached hydrogens (tertiary/aromatic N) is 7. The van der Waals surface area contributed by atoms with Gasteiger partial charge in [0.25, 0.3) is 0 Å². The molecule has 7 heteroatoms. The molecule has 0 saturated carbocycles. The molecule has 0 radical (unpaired) electrons. The van der Waals surface area contributed by atoms with Gasteiger partial charge < -0.3 is 13.7 Å². The molecule has 0 amide bonds. The molecule has 7 nitrogen and oxygen atoms in total. The van der Waals surface area contributed by atoms with Crippen LogP contribution in [0, 0.1) is 0 Å². The van der Waals surface area contributed by atoms with E-state index in [4.69, 9.17) is 19.9 Å². The zero-order valence-electron chi connectivity index (χ0n) is 37.1. The van der Waals surface area contributed by atoms with Crippen LogP contribution in [-0.4, -0.2) is 33.6 Å². The van der Waals surface area contributed by atoms with Gasteiger partial charge in [-0.15, -0.1) is 0 Å². The number of para-hydroxylation sites is 3. The number of rotatable bonds is 7. The van der Waals surface area contributed by atoms with Crippen molar-refractivity contribution in [1.82, 2.24) is 33.6 Å². The molecule has 0 saturated heterocycles. The van der Waals surface area contributed by atoms with Crippen LogP contribution in [0.4, 0.5) is 0 Å². The molecule has 0 aliphatic heterocycles. The molecule has 322 valence electrons. The first-order valence-electron chi connectivity index (χ1n) is 23.2. The molecule has 0 N–H and O–H groups in total. The van der Waals surface area contributed by atoms with Crippen LogP contribution in [0.2, 0.25) is 0 Å². The number of aromatic nitrogens is 7. The Labute approximate surface area is 396 Å². The van der Waals surface area contributed by atoms with E-state index in [2.05, 4.69) is 214 Å². The van der Waals surface area contributed by atoms with Crippen LogP contribution < -0.4 is 0 Å². The van der Waals surface area contributed by atoms with E-state index in [0.29, 0.717) is 0 Å². The highest BCUT2D eigenvalue weighted by Crippen LogP contribution is 2.40. The van der Waals surface area contributed by atoms with Crippen molar-refractivity contribution in [3.63, 3.8) is 0 Å². The van der Waals surface area contributed by atoms with Gasteiger partial charge in [0.2, 0.25) is 0 Å². The summed E-state index contributed by atoms with van der Waals surface area (Å²) in [7, 11) is 0. The molecule has 0 atom stereocenters. The van der Waals surface area contributed by atoms with Crippen LogP contribution >= 0.6 is 0 Å². The number of pyridine rings is 2. The van der Waals surface area contributed by atoms with Gasteiger partial charge in [0.1, 0.15) is 0 Å². The van der Waals surface area contributed by atoms with Crippen molar-refractivity contribution in [2.24, 2.45) is 0 Å². The summed E-state index contributed by atoms with van der Waals surface area (Å²) in [4.78, 5) is 20.2. The van der Waals surface area contributed by atoms with Gasteiger partial charge in [0.15, 0.2) is 0 Å². The Bertz CT molecular complexity index is 4240. The van der Waals surface area contributed by atoms with Gasteiger partial charge in [-0.3, -0.25) is 9.97 Å². The topological polar surface area (TPSA) is 66.3 Å².